The van der Waals surface area contributed by atoms with Gasteiger partial charge in [0.2, 0.25) is 5.91 Å². The molecule has 106 valence electrons. The van der Waals surface area contributed by atoms with Crippen LogP contribution in [0, 0.1) is 0 Å². The van der Waals surface area contributed by atoms with Gasteiger partial charge in [0, 0.05) is 26.2 Å². The van der Waals surface area contributed by atoms with Gasteiger partial charge in [0.25, 0.3) is 0 Å². The minimum atomic E-state index is 0.0648. The van der Waals surface area contributed by atoms with Crippen molar-refractivity contribution in [1.82, 2.24) is 15.5 Å². The number of nitrogens with one attached hydrogen (secondary N) is 2. The Hall–Kier alpha value is -0.650. The van der Waals surface area contributed by atoms with E-state index in [9.17, 15) is 4.79 Å². The van der Waals surface area contributed by atoms with Crippen LogP contribution < -0.4 is 10.6 Å². The molecule has 0 bridgehead atoms. The highest BCUT2D eigenvalue weighted by Gasteiger charge is 2.16. The minimum Gasteiger partial charge on any atom is -0.383 e. The lowest BCUT2D eigenvalue weighted by Crippen LogP contribution is -2.46. The molecule has 1 heterocycles. The number of nitrogens with zero attached hydrogens (tertiary/aromatic N) is 1. The van der Waals surface area contributed by atoms with Crippen LogP contribution in [0.15, 0.2) is 0 Å². The van der Waals surface area contributed by atoms with Crippen LogP contribution in [0.25, 0.3) is 0 Å². The van der Waals surface area contributed by atoms with Crippen molar-refractivity contribution in [2.45, 2.75) is 32.2 Å². The molecule has 0 aromatic rings. The lowest BCUT2D eigenvalue weighted by Gasteiger charge is -2.32. The Kier molecular flexibility index (Phi) is 7.96. The zero-order chi connectivity index (χ0) is 13.2. The lowest BCUT2D eigenvalue weighted by atomic mass is 10.1. The van der Waals surface area contributed by atoms with Gasteiger partial charge in [-0.25, -0.2) is 0 Å². The molecular formula is C13H27N3O2. The largest absolute Gasteiger partial charge is 0.383 e. The SMILES string of the molecule is COCCNCC(=O)NCC(C)N1CCCCC1. The summed E-state index contributed by atoms with van der Waals surface area (Å²) in [6.07, 6.45) is 3.92. The Morgan fingerprint density at radius 3 is 2.72 bits per heavy atom. The zero-order valence-electron chi connectivity index (χ0n) is 11.7. The van der Waals surface area contributed by atoms with Gasteiger partial charge in [-0.1, -0.05) is 6.42 Å². The van der Waals surface area contributed by atoms with Gasteiger partial charge in [-0.3, -0.25) is 9.69 Å². The fourth-order valence-electron chi connectivity index (χ4n) is 2.19. The highest BCUT2D eigenvalue weighted by atomic mass is 16.5. The summed E-state index contributed by atoms with van der Waals surface area (Å²) in [4.78, 5) is 14.0. The molecule has 1 fully saturated rings. The topological polar surface area (TPSA) is 53.6 Å². The Bertz CT molecular complexity index is 230. The molecule has 1 rings (SSSR count). The van der Waals surface area contributed by atoms with Crippen molar-refractivity contribution in [3.63, 3.8) is 0 Å². The molecule has 0 spiro atoms. The van der Waals surface area contributed by atoms with Crippen molar-refractivity contribution in [3.8, 4) is 0 Å². The normalized spacial score (nSPS) is 18.6. The molecular weight excluding hydrogens is 230 g/mol. The van der Waals surface area contributed by atoms with Crippen molar-refractivity contribution in [3.05, 3.63) is 0 Å². The first kappa shape index (κ1) is 15.4. The molecule has 1 saturated heterocycles. The smallest absolute Gasteiger partial charge is 0.234 e. The average molecular weight is 257 g/mol. The fourth-order valence-corrected chi connectivity index (χ4v) is 2.19. The Balaban J connectivity index is 2.05. The third kappa shape index (κ3) is 6.33. The molecule has 0 radical (unpaired) electrons. The van der Waals surface area contributed by atoms with Gasteiger partial charge in [0.15, 0.2) is 0 Å². The van der Waals surface area contributed by atoms with Crippen molar-refractivity contribution in [1.29, 1.82) is 0 Å². The third-order valence-corrected chi connectivity index (χ3v) is 3.38. The summed E-state index contributed by atoms with van der Waals surface area (Å²) in [7, 11) is 1.65. The summed E-state index contributed by atoms with van der Waals surface area (Å²) < 4.78 is 4.90. The van der Waals surface area contributed by atoms with Gasteiger partial charge in [0.1, 0.15) is 0 Å². The van der Waals surface area contributed by atoms with Gasteiger partial charge in [-0.15, -0.1) is 0 Å². The van der Waals surface area contributed by atoms with E-state index in [1.165, 1.54) is 32.4 Å². The van der Waals surface area contributed by atoms with E-state index in [4.69, 9.17) is 4.74 Å². The molecule has 1 atom stereocenters. The van der Waals surface area contributed by atoms with E-state index in [0.29, 0.717) is 25.7 Å². The summed E-state index contributed by atoms with van der Waals surface area (Å²) >= 11 is 0. The van der Waals surface area contributed by atoms with Crippen LogP contribution in [-0.2, 0) is 9.53 Å². The molecule has 2 N–H and O–H groups in total. The number of ether oxygens (including phenoxy) is 1. The number of hydrogen-bond donors (Lipinski definition) is 2. The van der Waals surface area contributed by atoms with Crippen LogP contribution >= 0.6 is 0 Å². The molecule has 0 aromatic heterocycles. The number of piperidine rings is 1. The Morgan fingerprint density at radius 1 is 1.33 bits per heavy atom. The summed E-state index contributed by atoms with van der Waals surface area (Å²) in [6, 6.07) is 0.438. The van der Waals surface area contributed by atoms with Gasteiger partial charge in [0.05, 0.1) is 13.2 Å². The molecule has 1 amide bonds. The number of hydrogen-bond acceptors (Lipinski definition) is 4. The molecule has 0 aliphatic carbocycles. The van der Waals surface area contributed by atoms with Gasteiger partial charge >= 0.3 is 0 Å². The number of methoxy groups -OCH3 is 1. The monoisotopic (exact) mass is 257 g/mol. The Labute approximate surface area is 110 Å². The fraction of sp³-hybridized carbons (Fsp3) is 0.923. The van der Waals surface area contributed by atoms with Crippen LogP contribution in [0.4, 0.5) is 0 Å². The summed E-state index contributed by atoms with van der Waals surface area (Å²) in [5.74, 6) is 0.0648. The predicted octanol–water partition coefficient (Wildman–Crippen LogP) is 0.213. The van der Waals surface area contributed by atoms with Crippen LogP contribution in [0.2, 0.25) is 0 Å². The van der Waals surface area contributed by atoms with Crippen molar-refractivity contribution in [2.24, 2.45) is 0 Å². The quantitative estimate of drug-likeness (QED) is 0.611. The molecule has 5 nitrogen and oxygen atoms in total. The van der Waals surface area contributed by atoms with E-state index in [1.807, 2.05) is 0 Å². The van der Waals surface area contributed by atoms with E-state index >= 15 is 0 Å². The number of carbonyl (C=O) groups is 1. The number of carbonyl (C=O) groups excluding carboxylic acids is 1. The number of likely N-dealkylation sites (tertiary alicyclic amines) is 1. The van der Waals surface area contributed by atoms with Crippen molar-refractivity contribution < 1.29 is 9.53 Å². The maximum absolute atomic E-state index is 11.6. The van der Waals surface area contributed by atoms with E-state index in [2.05, 4.69) is 22.5 Å². The molecule has 0 saturated carbocycles. The minimum absolute atomic E-state index is 0.0648. The molecule has 18 heavy (non-hydrogen) atoms. The first-order chi connectivity index (χ1) is 8.74. The molecule has 0 aromatic carbocycles. The maximum Gasteiger partial charge on any atom is 0.234 e. The first-order valence-corrected chi connectivity index (χ1v) is 6.94. The second-order valence-electron chi connectivity index (χ2n) is 4.92. The zero-order valence-corrected chi connectivity index (χ0v) is 11.7. The molecule has 5 heteroatoms. The first-order valence-electron chi connectivity index (χ1n) is 6.94. The summed E-state index contributed by atoms with van der Waals surface area (Å²) in [5.41, 5.74) is 0. The van der Waals surface area contributed by atoms with Crippen LogP contribution in [0.3, 0.4) is 0 Å². The third-order valence-electron chi connectivity index (χ3n) is 3.38. The van der Waals surface area contributed by atoms with E-state index in [0.717, 1.165) is 6.54 Å². The van der Waals surface area contributed by atoms with E-state index in [-0.39, 0.29) is 5.91 Å². The number of amides is 1. The lowest BCUT2D eigenvalue weighted by molar-refractivity contribution is -0.120. The standard InChI is InChI=1S/C13H27N3O2/c1-12(16-7-4-3-5-8-16)10-15-13(17)11-14-6-9-18-2/h12,14H,3-11H2,1-2H3,(H,15,17). The Morgan fingerprint density at radius 2 is 2.06 bits per heavy atom. The molecule has 1 aliphatic heterocycles. The van der Waals surface area contributed by atoms with Gasteiger partial charge < -0.3 is 15.4 Å². The molecule has 1 aliphatic rings. The van der Waals surface area contributed by atoms with Crippen molar-refractivity contribution >= 4 is 5.91 Å². The van der Waals surface area contributed by atoms with Crippen LogP contribution in [-0.4, -0.2) is 63.3 Å². The molecule has 1 unspecified atom stereocenters. The average Bonchev–Trinajstić information content (AvgIpc) is 2.42. The van der Waals surface area contributed by atoms with E-state index < -0.39 is 0 Å². The highest BCUT2D eigenvalue weighted by molar-refractivity contribution is 5.77. The summed E-state index contributed by atoms with van der Waals surface area (Å²) in [5, 5.41) is 6.01. The highest BCUT2D eigenvalue weighted by Crippen LogP contribution is 2.11. The second kappa shape index (κ2) is 9.30. The summed E-state index contributed by atoms with van der Waals surface area (Å²) in [6.45, 7) is 6.99. The van der Waals surface area contributed by atoms with Gasteiger partial charge in [-0.05, 0) is 32.9 Å². The van der Waals surface area contributed by atoms with E-state index in [1.54, 1.807) is 7.11 Å². The predicted molar refractivity (Wildman–Crippen MR) is 72.6 cm³/mol. The van der Waals surface area contributed by atoms with Gasteiger partial charge in [-0.2, -0.15) is 0 Å². The number of rotatable bonds is 8. The maximum atomic E-state index is 11.6. The van der Waals surface area contributed by atoms with Crippen molar-refractivity contribution in [2.75, 3.05) is 46.4 Å². The second-order valence-corrected chi connectivity index (χ2v) is 4.92. The van der Waals surface area contributed by atoms with Crippen LogP contribution in [0.5, 0.6) is 0 Å². The van der Waals surface area contributed by atoms with Crippen LogP contribution in [0.1, 0.15) is 26.2 Å².